The van der Waals surface area contributed by atoms with Gasteiger partial charge in [-0.1, -0.05) is 111 Å². The molecule has 0 spiro atoms. The van der Waals surface area contributed by atoms with Gasteiger partial charge in [0.15, 0.2) is 0 Å². The van der Waals surface area contributed by atoms with Crippen molar-refractivity contribution >= 4 is 5.97 Å². The van der Waals surface area contributed by atoms with Crippen LogP contribution in [0.4, 0.5) is 0 Å². The fourth-order valence-electron chi connectivity index (χ4n) is 4.72. The van der Waals surface area contributed by atoms with Crippen molar-refractivity contribution < 1.29 is 9.53 Å². The molecule has 2 heteroatoms. The van der Waals surface area contributed by atoms with Crippen LogP contribution in [0, 0.1) is 0 Å². The third-order valence-electron chi connectivity index (χ3n) is 7.28. The normalized spacial score (nSPS) is 13.0. The number of rotatable bonds is 25. The standard InChI is InChI=1S/C38H66O2/c1-8-9-10-11-12-13-14-15-16-17-18-19-20-21-22-29-38(39)40-37(32-36(7)28-24-26-34(4)5)31-30-35(6)27-23-25-33(2)3/h13-14,25-26,30,32,37H,8-12,15-24,27-29,31H2,1-7H3. The molecule has 1 unspecified atom stereocenters. The summed E-state index contributed by atoms with van der Waals surface area (Å²) in [7, 11) is 0. The van der Waals surface area contributed by atoms with Gasteiger partial charge in [-0.25, -0.2) is 0 Å². The fourth-order valence-corrected chi connectivity index (χ4v) is 4.72. The Balaban J connectivity index is 4.34. The van der Waals surface area contributed by atoms with Crippen molar-refractivity contribution in [2.24, 2.45) is 0 Å². The molecular weight excluding hydrogens is 488 g/mol. The zero-order valence-corrected chi connectivity index (χ0v) is 27.8. The monoisotopic (exact) mass is 555 g/mol. The number of allylic oxidation sites excluding steroid dienone is 8. The van der Waals surface area contributed by atoms with E-state index < -0.39 is 0 Å². The summed E-state index contributed by atoms with van der Waals surface area (Å²) in [5.74, 6) is -0.0459. The van der Waals surface area contributed by atoms with Crippen molar-refractivity contribution in [2.75, 3.05) is 0 Å². The van der Waals surface area contributed by atoms with Gasteiger partial charge < -0.3 is 4.74 Å². The predicted molar refractivity (Wildman–Crippen MR) is 179 cm³/mol. The first kappa shape index (κ1) is 38.2. The smallest absolute Gasteiger partial charge is 0.306 e. The minimum atomic E-state index is -0.164. The Kier molecular flexibility index (Phi) is 26.1. The lowest BCUT2D eigenvalue weighted by Crippen LogP contribution is -2.16. The molecule has 0 aliphatic carbocycles. The summed E-state index contributed by atoms with van der Waals surface area (Å²) in [6, 6.07) is 0. The van der Waals surface area contributed by atoms with Crippen molar-refractivity contribution in [3.8, 4) is 0 Å². The van der Waals surface area contributed by atoms with E-state index in [1.165, 1.54) is 92.9 Å². The molecule has 1 atom stereocenters. The van der Waals surface area contributed by atoms with E-state index >= 15 is 0 Å². The molecule has 2 nitrogen and oxygen atoms in total. The molecule has 0 heterocycles. The van der Waals surface area contributed by atoms with Gasteiger partial charge in [0, 0.05) is 12.8 Å². The van der Waals surface area contributed by atoms with Gasteiger partial charge in [0.1, 0.15) is 6.10 Å². The van der Waals surface area contributed by atoms with Gasteiger partial charge in [0.05, 0.1) is 0 Å². The van der Waals surface area contributed by atoms with Gasteiger partial charge in [-0.05, 0) is 105 Å². The molecule has 0 rings (SSSR count). The van der Waals surface area contributed by atoms with Crippen LogP contribution in [0.1, 0.15) is 170 Å². The van der Waals surface area contributed by atoms with E-state index in [4.69, 9.17) is 4.74 Å². The zero-order chi connectivity index (χ0) is 29.8. The van der Waals surface area contributed by atoms with Crippen LogP contribution in [-0.2, 0) is 9.53 Å². The number of carbonyl (C=O) groups excluding carboxylic acids is 1. The summed E-state index contributed by atoms with van der Waals surface area (Å²) < 4.78 is 5.97. The lowest BCUT2D eigenvalue weighted by atomic mass is 10.0. The first-order valence-electron chi connectivity index (χ1n) is 16.7. The topological polar surface area (TPSA) is 26.3 Å². The first-order valence-corrected chi connectivity index (χ1v) is 16.7. The SMILES string of the molecule is CCCCCCC=CCCCCCCCCCC(=O)OC(C=C(C)CCC=C(C)C)CC=C(C)CCC=C(C)C. The Morgan fingerprint density at radius 3 is 1.62 bits per heavy atom. The molecule has 40 heavy (non-hydrogen) atoms. The van der Waals surface area contributed by atoms with Crippen LogP contribution in [0.25, 0.3) is 0 Å². The van der Waals surface area contributed by atoms with Crippen LogP contribution >= 0.6 is 0 Å². The molecule has 0 saturated carbocycles. The lowest BCUT2D eigenvalue weighted by molar-refractivity contribution is -0.146. The van der Waals surface area contributed by atoms with Gasteiger partial charge >= 0.3 is 5.97 Å². The number of hydrogen-bond donors (Lipinski definition) is 0. The Morgan fingerprint density at radius 2 is 1.07 bits per heavy atom. The zero-order valence-electron chi connectivity index (χ0n) is 27.8. The van der Waals surface area contributed by atoms with Crippen LogP contribution in [0.5, 0.6) is 0 Å². The molecule has 0 aromatic heterocycles. The molecule has 0 aromatic carbocycles. The summed E-state index contributed by atoms with van der Waals surface area (Å²) in [6.07, 6.45) is 35.5. The molecule has 0 aromatic rings. The Bertz CT molecular complexity index is 769. The molecule has 0 radical (unpaired) electrons. The number of ether oxygens (including phenoxy) is 1. The molecule has 230 valence electrons. The van der Waals surface area contributed by atoms with Crippen LogP contribution in [-0.4, -0.2) is 12.1 Å². The lowest BCUT2D eigenvalue weighted by Gasteiger charge is -2.15. The average Bonchev–Trinajstić information content (AvgIpc) is 2.89. The van der Waals surface area contributed by atoms with Crippen molar-refractivity contribution in [3.05, 3.63) is 58.7 Å². The number of esters is 1. The number of unbranched alkanes of at least 4 members (excludes halogenated alkanes) is 11. The number of carbonyl (C=O) groups is 1. The molecule has 0 saturated heterocycles. The third kappa shape index (κ3) is 27.7. The van der Waals surface area contributed by atoms with Gasteiger partial charge in [0.25, 0.3) is 0 Å². The quantitative estimate of drug-likeness (QED) is 0.0637. The van der Waals surface area contributed by atoms with Crippen molar-refractivity contribution in [1.29, 1.82) is 0 Å². The van der Waals surface area contributed by atoms with E-state index in [0.29, 0.717) is 6.42 Å². The maximum Gasteiger partial charge on any atom is 0.306 e. The molecule has 0 amide bonds. The highest BCUT2D eigenvalue weighted by Gasteiger charge is 2.12. The van der Waals surface area contributed by atoms with E-state index in [-0.39, 0.29) is 12.1 Å². The highest BCUT2D eigenvalue weighted by molar-refractivity contribution is 5.69. The molecule has 0 aliphatic heterocycles. The first-order chi connectivity index (χ1) is 19.2. The minimum absolute atomic E-state index is 0.0459. The molecule has 0 aliphatic rings. The summed E-state index contributed by atoms with van der Waals surface area (Å²) in [5.41, 5.74) is 5.39. The Morgan fingerprint density at radius 1 is 0.575 bits per heavy atom. The van der Waals surface area contributed by atoms with Gasteiger partial charge in [-0.15, -0.1) is 0 Å². The van der Waals surface area contributed by atoms with E-state index in [9.17, 15) is 4.79 Å². The second kappa shape index (κ2) is 27.3. The van der Waals surface area contributed by atoms with E-state index in [2.05, 4.69) is 84.9 Å². The van der Waals surface area contributed by atoms with Crippen molar-refractivity contribution in [1.82, 2.24) is 0 Å². The largest absolute Gasteiger partial charge is 0.458 e. The number of hydrogen-bond acceptors (Lipinski definition) is 2. The van der Waals surface area contributed by atoms with Crippen LogP contribution < -0.4 is 0 Å². The van der Waals surface area contributed by atoms with E-state index in [1.807, 2.05) is 0 Å². The van der Waals surface area contributed by atoms with E-state index in [0.717, 1.165) is 44.9 Å². The second-order valence-corrected chi connectivity index (χ2v) is 12.3. The van der Waals surface area contributed by atoms with Crippen LogP contribution in [0.2, 0.25) is 0 Å². The molecule has 0 bridgehead atoms. The van der Waals surface area contributed by atoms with Crippen LogP contribution in [0.15, 0.2) is 58.7 Å². The third-order valence-corrected chi connectivity index (χ3v) is 7.28. The highest BCUT2D eigenvalue weighted by Crippen LogP contribution is 2.16. The van der Waals surface area contributed by atoms with Crippen molar-refractivity contribution in [2.45, 2.75) is 177 Å². The predicted octanol–water partition coefficient (Wildman–Crippen LogP) is 12.7. The van der Waals surface area contributed by atoms with Gasteiger partial charge in [-0.2, -0.15) is 0 Å². The Labute approximate surface area is 250 Å². The van der Waals surface area contributed by atoms with Gasteiger partial charge in [-0.3, -0.25) is 4.79 Å². The van der Waals surface area contributed by atoms with Crippen molar-refractivity contribution in [3.63, 3.8) is 0 Å². The molecular formula is C38H66O2. The summed E-state index contributed by atoms with van der Waals surface area (Å²) >= 11 is 0. The van der Waals surface area contributed by atoms with Crippen LogP contribution in [0.3, 0.4) is 0 Å². The minimum Gasteiger partial charge on any atom is -0.458 e. The Hall–Kier alpha value is -1.83. The summed E-state index contributed by atoms with van der Waals surface area (Å²) in [4.78, 5) is 12.7. The highest BCUT2D eigenvalue weighted by atomic mass is 16.5. The molecule has 0 N–H and O–H groups in total. The maximum atomic E-state index is 12.7. The van der Waals surface area contributed by atoms with Gasteiger partial charge in [0.2, 0.25) is 0 Å². The average molecular weight is 555 g/mol. The second-order valence-electron chi connectivity index (χ2n) is 12.3. The fraction of sp³-hybridized carbons (Fsp3) is 0.711. The molecule has 0 fully saturated rings. The van der Waals surface area contributed by atoms with E-state index in [1.54, 1.807) is 0 Å². The summed E-state index contributed by atoms with van der Waals surface area (Å²) in [6.45, 7) is 15.2. The summed E-state index contributed by atoms with van der Waals surface area (Å²) in [5, 5.41) is 0. The maximum absolute atomic E-state index is 12.7.